The number of rotatable bonds is 9. The van der Waals surface area contributed by atoms with Crippen molar-refractivity contribution in [3.8, 4) is 0 Å². The van der Waals surface area contributed by atoms with Crippen LogP contribution in [0.3, 0.4) is 0 Å². The van der Waals surface area contributed by atoms with E-state index < -0.39 is 0 Å². The summed E-state index contributed by atoms with van der Waals surface area (Å²) in [4.78, 5) is 12.5. The Balaban J connectivity index is 1.23. The van der Waals surface area contributed by atoms with Crippen molar-refractivity contribution in [3.05, 3.63) is 35.9 Å². The molecule has 0 heterocycles. The zero-order chi connectivity index (χ0) is 27.8. The van der Waals surface area contributed by atoms with E-state index in [1.807, 2.05) is 30.3 Å². The van der Waals surface area contributed by atoms with Crippen molar-refractivity contribution in [2.75, 3.05) is 13.2 Å². The average molecular weight is 542 g/mol. The Kier molecular flexibility index (Phi) is 8.78. The van der Waals surface area contributed by atoms with Crippen LogP contribution >= 0.6 is 0 Å². The average Bonchev–Trinajstić information content (AvgIpc) is 3.29. The molecule has 0 saturated heterocycles. The van der Waals surface area contributed by atoms with Gasteiger partial charge in [0.2, 0.25) is 0 Å². The van der Waals surface area contributed by atoms with Crippen LogP contribution < -0.4 is 5.73 Å². The number of esters is 1. The van der Waals surface area contributed by atoms with E-state index in [1.54, 1.807) is 0 Å². The molecule has 6 heteroatoms. The number of hydrogen-bond acceptors (Lipinski definition) is 6. The van der Waals surface area contributed by atoms with Crippen molar-refractivity contribution in [2.24, 2.45) is 52.1 Å². The molecule has 0 bridgehead atoms. The molecule has 5 rings (SSSR count). The van der Waals surface area contributed by atoms with Gasteiger partial charge in [-0.1, -0.05) is 51.1 Å². The first-order chi connectivity index (χ1) is 18.7. The number of hydrogen-bond donors (Lipinski definition) is 3. The van der Waals surface area contributed by atoms with E-state index in [9.17, 15) is 15.0 Å². The van der Waals surface area contributed by atoms with Gasteiger partial charge in [-0.25, -0.2) is 0 Å². The maximum absolute atomic E-state index is 12.5. The first-order valence-electron chi connectivity index (χ1n) is 15.6. The molecule has 1 aromatic rings. The second kappa shape index (κ2) is 11.8. The molecule has 6 nitrogen and oxygen atoms in total. The highest BCUT2D eigenvalue weighted by molar-refractivity contribution is 5.69. The first kappa shape index (κ1) is 29.0. The van der Waals surface area contributed by atoms with Crippen molar-refractivity contribution in [3.63, 3.8) is 0 Å². The number of carbonyl (C=O) groups is 1. The van der Waals surface area contributed by atoms with Gasteiger partial charge in [0.05, 0.1) is 24.9 Å². The van der Waals surface area contributed by atoms with Gasteiger partial charge in [-0.05, 0) is 103 Å². The van der Waals surface area contributed by atoms with Crippen LogP contribution in [0.2, 0.25) is 0 Å². The van der Waals surface area contributed by atoms with Gasteiger partial charge >= 0.3 is 5.97 Å². The van der Waals surface area contributed by atoms with Crippen molar-refractivity contribution in [2.45, 2.75) is 103 Å². The molecule has 4 N–H and O–H groups in total. The van der Waals surface area contributed by atoms with Gasteiger partial charge in [-0.15, -0.1) is 0 Å². The zero-order valence-electron chi connectivity index (χ0n) is 24.3. The van der Waals surface area contributed by atoms with Crippen LogP contribution in [0.15, 0.2) is 30.3 Å². The molecule has 0 radical (unpaired) electrons. The molecule has 0 aliphatic heterocycles. The highest BCUT2D eigenvalue weighted by Gasteiger charge is 2.65. The SMILES string of the molecule is C[C@H](CCC(=O)OCc1ccccc1)[C@H]1CC[C@H]2[C@@H]3[C@H](O)CC4C[C@@H](OCCN)CC[C@]4(C)[C@H]3C[C@H](O)[C@]12C. The predicted octanol–water partition coefficient (Wildman–Crippen LogP) is 5.09. The topological polar surface area (TPSA) is 102 Å². The summed E-state index contributed by atoms with van der Waals surface area (Å²) in [6, 6.07) is 9.80. The summed E-state index contributed by atoms with van der Waals surface area (Å²) in [5.41, 5.74) is 6.60. The van der Waals surface area contributed by atoms with Crippen LogP contribution in [-0.2, 0) is 20.9 Å². The summed E-state index contributed by atoms with van der Waals surface area (Å²) in [7, 11) is 0. The van der Waals surface area contributed by atoms with Crippen LogP contribution in [-0.4, -0.2) is 47.6 Å². The number of aliphatic hydroxyl groups is 2. The van der Waals surface area contributed by atoms with Crippen molar-refractivity contribution in [1.82, 2.24) is 0 Å². The molecule has 0 amide bonds. The minimum atomic E-state index is -0.377. The molecule has 1 unspecified atom stereocenters. The minimum absolute atomic E-state index is 0.140. The second-order valence-electron chi connectivity index (χ2n) is 13.8. The van der Waals surface area contributed by atoms with Gasteiger partial charge in [0.25, 0.3) is 0 Å². The van der Waals surface area contributed by atoms with E-state index in [0.29, 0.717) is 55.8 Å². The Morgan fingerprint density at radius 1 is 1.08 bits per heavy atom. The summed E-state index contributed by atoms with van der Waals surface area (Å²) < 4.78 is 11.6. The Labute approximate surface area is 235 Å². The van der Waals surface area contributed by atoms with Crippen molar-refractivity contribution < 1.29 is 24.5 Å². The monoisotopic (exact) mass is 541 g/mol. The van der Waals surface area contributed by atoms with Gasteiger partial charge in [-0.2, -0.15) is 0 Å². The third-order valence-corrected chi connectivity index (χ3v) is 12.0. The Morgan fingerprint density at radius 3 is 2.59 bits per heavy atom. The number of benzene rings is 1. The van der Waals surface area contributed by atoms with E-state index in [2.05, 4.69) is 20.8 Å². The number of nitrogens with two attached hydrogens (primary N) is 1. The Bertz CT molecular complexity index is 972. The third kappa shape index (κ3) is 5.43. The first-order valence-corrected chi connectivity index (χ1v) is 15.6. The number of aliphatic hydroxyl groups excluding tert-OH is 2. The molecule has 4 aliphatic rings. The molecule has 0 aromatic heterocycles. The lowest BCUT2D eigenvalue weighted by Crippen LogP contribution is -2.62. The molecule has 1 aromatic carbocycles. The van der Waals surface area contributed by atoms with Crippen LogP contribution in [0.25, 0.3) is 0 Å². The fourth-order valence-corrected chi connectivity index (χ4v) is 9.86. The smallest absolute Gasteiger partial charge is 0.306 e. The second-order valence-corrected chi connectivity index (χ2v) is 13.8. The normalized spacial score (nSPS) is 42.2. The molecule has 11 atom stereocenters. The summed E-state index contributed by atoms with van der Waals surface area (Å²) in [6.45, 7) is 8.44. The molecular weight excluding hydrogens is 490 g/mol. The largest absolute Gasteiger partial charge is 0.461 e. The highest BCUT2D eigenvalue weighted by Crippen LogP contribution is 2.68. The fraction of sp³-hybridized carbons (Fsp3) is 0.788. The Hall–Kier alpha value is -1.47. The zero-order valence-corrected chi connectivity index (χ0v) is 24.3. The van der Waals surface area contributed by atoms with Crippen molar-refractivity contribution >= 4 is 5.97 Å². The van der Waals surface area contributed by atoms with Crippen LogP contribution in [0, 0.1) is 46.3 Å². The summed E-state index contributed by atoms with van der Waals surface area (Å²) >= 11 is 0. The summed E-state index contributed by atoms with van der Waals surface area (Å²) in [5, 5.41) is 23.5. The quantitative estimate of drug-likeness (QED) is 0.377. The van der Waals surface area contributed by atoms with Gasteiger partial charge in [0, 0.05) is 13.0 Å². The van der Waals surface area contributed by atoms with E-state index in [1.165, 1.54) is 0 Å². The molecule has 218 valence electrons. The van der Waals surface area contributed by atoms with E-state index >= 15 is 0 Å². The van der Waals surface area contributed by atoms with E-state index in [4.69, 9.17) is 15.2 Å². The fourth-order valence-electron chi connectivity index (χ4n) is 9.86. The van der Waals surface area contributed by atoms with Crippen LogP contribution in [0.1, 0.15) is 84.1 Å². The minimum Gasteiger partial charge on any atom is -0.461 e. The van der Waals surface area contributed by atoms with Crippen molar-refractivity contribution in [1.29, 1.82) is 0 Å². The van der Waals surface area contributed by atoms with Gasteiger partial charge in [0.1, 0.15) is 6.61 Å². The van der Waals surface area contributed by atoms with Gasteiger partial charge in [-0.3, -0.25) is 4.79 Å². The lowest BCUT2D eigenvalue weighted by Gasteiger charge is -2.63. The summed E-state index contributed by atoms with van der Waals surface area (Å²) in [5.74, 6) is 1.85. The number of carbonyl (C=O) groups excluding carboxylic acids is 1. The predicted molar refractivity (Wildman–Crippen MR) is 151 cm³/mol. The molecule has 4 aliphatic carbocycles. The maximum atomic E-state index is 12.5. The molecule has 0 spiro atoms. The summed E-state index contributed by atoms with van der Waals surface area (Å²) in [6.07, 6.45) is 7.60. The number of ether oxygens (including phenoxy) is 2. The molecule has 4 fully saturated rings. The van der Waals surface area contributed by atoms with E-state index in [0.717, 1.165) is 56.9 Å². The van der Waals surface area contributed by atoms with Crippen LogP contribution in [0.4, 0.5) is 0 Å². The lowest BCUT2D eigenvalue weighted by atomic mass is 9.43. The standard InChI is InChI=1S/C33H51NO5/c1-21(9-12-30(37)39-20-22-7-5-4-6-8-22)25-10-11-26-31-27(19-29(36)33(25,26)3)32(2)14-13-24(38-16-15-34)17-23(32)18-28(31)35/h4-8,21,23-29,31,35-36H,9-20,34H2,1-3H3/t21-,23?,24+,25-,26+,27+,28-,29+,31+,32+,33-/m1/s1. The molecule has 39 heavy (non-hydrogen) atoms. The third-order valence-electron chi connectivity index (χ3n) is 12.0. The highest BCUT2D eigenvalue weighted by atomic mass is 16.5. The molecule has 4 saturated carbocycles. The van der Waals surface area contributed by atoms with Gasteiger partial charge < -0.3 is 25.4 Å². The molecular formula is C33H51NO5. The van der Waals surface area contributed by atoms with Crippen LogP contribution in [0.5, 0.6) is 0 Å². The number of fused-ring (bicyclic) bond motifs is 5. The Morgan fingerprint density at radius 2 is 1.85 bits per heavy atom. The maximum Gasteiger partial charge on any atom is 0.306 e. The van der Waals surface area contributed by atoms with E-state index in [-0.39, 0.29) is 41.0 Å². The van der Waals surface area contributed by atoms with Gasteiger partial charge in [0.15, 0.2) is 0 Å². The lowest BCUT2D eigenvalue weighted by molar-refractivity contribution is -0.209.